The van der Waals surface area contributed by atoms with Crippen LogP contribution in [-0.4, -0.2) is 30.7 Å². The molecule has 0 aromatic rings. The Balaban J connectivity index is 1.66. The molecule has 0 aliphatic heterocycles. The van der Waals surface area contributed by atoms with E-state index in [4.69, 9.17) is 4.74 Å². The van der Waals surface area contributed by atoms with Crippen LogP contribution < -0.4 is 0 Å². The highest BCUT2D eigenvalue weighted by molar-refractivity contribution is 5.87. The van der Waals surface area contributed by atoms with Crippen molar-refractivity contribution in [1.29, 1.82) is 0 Å². The fourth-order valence-electron chi connectivity index (χ4n) is 7.35. The number of hydrogen-bond acceptors (Lipinski definition) is 3. The van der Waals surface area contributed by atoms with Crippen LogP contribution in [-0.2, 0) is 9.53 Å². The molecule has 23 heavy (non-hydrogen) atoms. The predicted octanol–water partition coefficient (Wildman–Crippen LogP) is 3.59. The fraction of sp³-hybridized carbons (Fsp3) is 0.950. The van der Waals surface area contributed by atoms with Crippen molar-refractivity contribution < 1.29 is 14.6 Å². The highest BCUT2D eigenvalue weighted by atomic mass is 16.5. The number of ketones is 1. The summed E-state index contributed by atoms with van der Waals surface area (Å²) < 4.78 is 5.73. The molecule has 7 unspecified atom stereocenters. The summed E-state index contributed by atoms with van der Waals surface area (Å²) in [7, 11) is 1.84. The zero-order valence-electron chi connectivity index (χ0n) is 14.7. The minimum atomic E-state index is -0.108. The Bertz CT molecular complexity index is 489. The van der Waals surface area contributed by atoms with E-state index in [0.717, 1.165) is 45.1 Å². The average Bonchev–Trinajstić information content (AvgIpc) is 2.84. The Morgan fingerprint density at radius 2 is 1.96 bits per heavy atom. The van der Waals surface area contributed by atoms with Crippen LogP contribution in [0.4, 0.5) is 0 Å². The van der Waals surface area contributed by atoms with E-state index < -0.39 is 0 Å². The largest absolute Gasteiger partial charge is 0.393 e. The van der Waals surface area contributed by atoms with Gasteiger partial charge in [-0.1, -0.05) is 6.92 Å². The molecule has 0 spiro atoms. The summed E-state index contributed by atoms with van der Waals surface area (Å²) in [6.45, 7) is 3.10. The third-order valence-corrected chi connectivity index (χ3v) is 8.46. The predicted molar refractivity (Wildman–Crippen MR) is 88.9 cm³/mol. The van der Waals surface area contributed by atoms with E-state index in [1.54, 1.807) is 0 Å². The number of carbonyl (C=O) groups excluding carboxylic acids is 1. The Hall–Kier alpha value is -0.410. The van der Waals surface area contributed by atoms with Crippen LogP contribution in [0.25, 0.3) is 0 Å². The summed E-state index contributed by atoms with van der Waals surface area (Å²) in [4.78, 5) is 12.5. The molecule has 130 valence electrons. The van der Waals surface area contributed by atoms with Crippen molar-refractivity contribution >= 4 is 5.78 Å². The molecule has 3 nitrogen and oxygen atoms in total. The van der Waals surface area contributed by atoms with E-state index in [1.165, 1.54) is 19.3 Å². The van der Waals surface area contributed by atoms with Crippen LogP contribution in [0.1, 0.15) is 64.7 Å². The van der Waals surface area contributed by atoms with Gasteiger partial charge in [-0.2, -0.15) is 0 Å². The van der Waals surface area contributed by atoms with E-state index in [9.17, 15) is 9.90 Å². The molecule has 4 aliphatic carbocycles. The monoisotopic (exact) mass is 320 g/mol. The maximum Gasteiger partial charge on any atom is 0.139 e. The molecule has 0 bridgehead atoms. The van der Waals surface area contributed by atoms with Gasteiger partial charge in [-0.05, 0) is 80.5 Å². The zero-order chi connectivity index (χ0) is 16.2. The van der Waals surface area contributed by atoms with Crippen LogP contribution in [0.5, 0.6) is 0 Å². The number of aliphatic hydroxyl groups excluding tert-OH is 1. The van der Waals surface area contributed by atoms with Gasteiger partial charge in [0.15, 0.2) is 0 Å². The topological polar surface area (TPSA) is 46.5 Å². The number of aliphatic hydroxyl groups is 1. The lowest BCUT2D eigenvalue weighted by Crippen LogP contribution is -2.56. The highest BCUT2D eigenvalue weighted by Gasteiger charge is 2.61. The minimum Gasteiger partial charge on any atom is -0.393 e. The zero-order valence-corrected chi connectivity index (χ0v) is 14.7. The number of fused-ring (bicyclic) bond motifs is 5. The van der Waals surface area contributed by atoms with Gasteiger partial charge in [-0.25, -0.2) is 0 Å². The normalized spacial score (nSPS) is 52.7. The average molecular weight is 320 g/mol. The second-order valence-corrected chi connectivity index (χ2v) is 9.16. The number of Topliss-reactive ketones (excluding diaryl/α,β-unsaturated/α-hetero) is 1. The quantitative estimate of drug-likeness (QED) is 0.846. The van der Waals surface area contributed by atoms with E-state index in [-0.39, 0.29) is 16.9 Å². The van der Waals surface area contributed by atoms with Crippen LogP contribution in [0, 0.1) is 34.5 Å². The lowest BCUT2D eigenvalue weighted by molar-refractivity contribution is -0.159. The van der Waals surface area contributed by atoms with Crippen molar-refractivity contribution in [3.05, 3.63) is 0 Å². The molecule has 0 aromatic carbocycles. The number of rotatable bonds is 2. The lowest BCUT2D eigenvalue weighted by Gasteiger charge is -2.60. The second kappa shape index (κ2) is 5.56. The first kappa shape index (κ1) is 16.1. The maximum atomic E-state index is 12.5. The molecule has 0 saturated heterocycles. The molecular weight excluding hydrogens is 288 g/mol. The van der Waals surface area contributed by atoms with Crippen molar-refractivity contribution in [3.63, 3.8) is 0 Å². The Morgan fingerprint density at radius 3 is 2.74 bits per heavy atom. The van der Waals surface area contributed by atoms with Crippen molar-refractivity contribution in [2.24, 2.45) is 34.5 Å². The molecule has 0 radical (unpaired) electrons. The van der Waals surface area contributed by atoms with E-state index in [1.807, 2.05) is 7.11 Å². The minimum absolute atomic E-state index is 0.0313. The summed E-state index contributed by atoms with van der Waals surface area (Å²) in [5, 5.41) is 10.2. The summed E-state index contributed by atoms with van der Waals surface area (Å²) in [6, 6.07) is 0. The Kier molecular flexibility index (Phi) is 3.88. The van der Waals surface area contributed by atoms with Crippen molar-refractivity contribution in [2.75, 3.05) is 13.7 Å². The number of methoxy groups -OCH3 is 1. The fourth-order valence-corrected chi connectivity index (χ4v) is 7.35. The molecule has 4 fully saturated rings. The van der Waals surface area contributed by atoms with Gasteiger partial charge in [-0.3, -0.25) is 4.79 Å². The molecule has 4 aliphatic rings. The molecular formula is C20H32O3. The van der Waals surface area contributed by atoms with Gasteiger partial charge < -0.3 is 9.84 Å². The first-order chi connectivity index (χ1) is 11.0. The molecule has 0 aromatic heterocycles. The smallest absolute Gasteiger partial charge is 0.139 e. The summed E-state index contributed by atoms with van der Waals surface area (Å²) in [6.07, 6.45) is 9.60. The Labute approximate surface area is 140 Å². The number of ether oxygens (including phenoxy) is 1. The third kappa shape index (κ3) is 2.18. The summed E-state index contributed by atoms with van der Waals surface area (Å²) in [5.74, 6) is 3.17. The van der Waals surface area contributed by atoms with E-state index in [0.29, 0.717) is 29.5 Å². The van der Waals surface area contributed by atoms with E-state index >= 15 is 0 Å². The van der Waals surface area contributed by atoms with E-state index in [2.05, 4.69) is 6.92 Å². The van der Waals surface area contributed by atoms with Gasteiger partial charge in [0.1, 0.15) is 5.78 Å². The maximum absolute atomic E-state index is 12.5. The molecule has 1 N–H and O–H groups in total. The van der Waals surface area contributed by atoms with Crippen LogP contribution >= 0.6 is 0 Å². The van der Waals surface area contributed by atoms with Crippen molar-refractivity contribution in [3.8, 4) is 0 Å². The molecule has 4 rings (SSSR count). The molecule has 3 heteroatoms. The van der Waals surface area contributed by atoms with Crippen molar-refractivity contribution in [1.82, 2.24) is 0 Å². The number of hydrogen-bond donors (Lipinski definition) is 1. The standard InChI is InChI=1S/C20H32O3/c1-19-9-8-17-15(16(19)5-6-18(19)22)4-3-13-11-14(21)7-10-20(13,17)12-23-2/h13-17,21H,3-12H2,1-2H3. The van der Waals surface area contributed by atoms with Gasteiger partial charge >= 0.3 is 0 Å². The van der Waals surface area contributed by atoms with Crippen molar-refractivity contribution in [2.45, 2.75) is 70.8 Å². The first-order valence-corrected chi connectivity index (χ1v) is 9.71. The SMILES string of the molecule is COCC12CCC(O)CC1CCC1C3CCC(=O)C3(C)CCC12. The molecule has 0 amide bonds. The van der Waals surface area contributed by atoms with Gasteiger partial charge in [0.25, 0.3) is 0 Å². The second-order valence-electron chi connectivity index (χ2n) is 9.16. The molecule has 0 heterocycles. The first-order valence-electron chi connectivity index (χ1n) is 9.71. The third-order valence-electron chi connectivity index (χ3n) is 8.46. The van der Waals surface area contributed by atoms with Gasteiger partial charge in [0.2, 0.25) is 0 Å². The van der Waals surface area contributed by atoms with Crippen LogP contribution in [0.15, 0.2) is 0 Å². The summed E-state index contributed by atoms with van der Waals surface area (Å²) in [5.41, 5.74) is 0.236. The van der Waals surface area contributed by atoms with Crippen LogP contribution in [0.2, 0.25) is 0 Å². The highest BCUT2D eigenvalue weighted by Crippen LogP contribution is 2.65. The van der Waals surface area contributed by atoms with Crippen LogP contribution in [0.3, 0.4) is 0 Å². The molecule has 7 atom stereocenters. The molecule has 4 saturated carbocycles. The van der Waals surface area contributed by atoms with Gasteiger partial charge in [-0.15, -0.1) is 0 Å². The summed E-state index contributed by atoms with van der Waals surface area (Å²) >= 11 is 0. The Morgan fingerprint density at radius 1 is 1.13 bits per heavy atom. The van der Waals surface area contributed by atoms with Gasteiger partial charge in [0, 0.05) is 18.9 Å². The lowest BCUT2D eigenvalue weighted by atomic mass is 9.45. The van der Waals surface area contributed by atoms with Gasteiger partial charge in [0.05, 0.1) is 12.7 Å². The number of carbonyl (C=O) groups is 1.